The smallest absolute Gasteiger partial charge is 0.105 e. The number of nitrogens with zero attached hydrogens (tertiary/aromatic N) is 2. The lowest BCUT2D eigenvalue weighted by molar-refractivity contribution is 1.13. The van der Waals surface area contributed by atoms with E-state index >= 15 is 0 Å². The van der Waals surface area contributed by atoms with Crippen molar-refractivity contribution in [2.24, 2.45) is 0 Å². The molecule has 0 N–H and O–H groups in total. The molecule has 0 fully saturated rings. The Kier molecular flexibility index (Phi) is 1.96. The zero-order valence-electron chi connectivity index (χ0n) is 8.03. The van der Waals surface area contributed by atoms with Crippen molar-refractivity contribution in [2.75, 3.05) is 19.0 Å². The molecule has 0 aliphatic heterocycles. The Morgan fingerprint density at radius 1 is 1.31 bits per heavy atom. The van der Waals surface area contributed by atoms with Gasteiger partial charge < -0.3 is 4.90 Å². The Balaban J connectivity index is 2.75. The molecule has 0 saturated carbocycles. The first-order valence-corrected chi connectivity index (χ1v) is 5.03. The third kappa shape index (κ3) is 1.40. The van der Waals surface area contributed by atoms with Crippen LogP contribution in [0.2, 0.25) is 0 Å². The molecule has 1 aromatic carbocycles. The summed E-state index contributed by atoms with van der Waals surface area (Å²) in [5.74, 6) is 0. The molecule has 2 rings (SSSR count). The van der Waals surface area contributed by atoms with Gasteiger partial charge in [0.15, 0.2) is 0 Å². The Labute approximate surface area is 81.8 Å². The number of hydrogen-bond acceptors (Lipinski definition) is 3. The highest BCUT2D eigenvalue weighted by Crippen LogP contribution is 2.28. The number of benzene rings is 1. The zero-order valence-corrected chi connectivity index (χ0v) is 8.85. The van der Waals surface area contributed by atoms with Gasteiger partial charge in [-0.1, -0.05) is 6.07 Å². The Morgan fingerprint density at radius 2 is 2.08 bits per heavy atom. The van der Waals surface area contributed by atoms with Crippen molar-refractivity contribution >= 4 is 27.2 Å². The summed E-state index contributed by atoms with van der Waals surface area (Å²) >= 11 is 1.75. The summed E-state index contributed by atoms with van der Waals surface area (Å²) in [6.45, 7) is 2.05. The Bertz CT molecular complexity index is 431. The van der Waals surface area contributed by atoms with Crippen molar-refractivity contribution in [3.8, 4) is 0 Å². The second kappa shape index (κ2) is 3.00. The van der Waals surface area contributed by atoms with Gasteiger partial charge in [0.2, 0.25) is 0 Å². The van der Waals surface area contributed by atoms with Crippen LogP contribution in [0.15, 0.2) is 18.2 Å². The van der Waals surface area contributed by atoms with Gasteiger partial charge in [0.25, 0.3) is 0 Å². The lowest BCUT2D eigenvalue weighted by atomic mass is 10.3. The lowest BCUT2D eigenvalue weighted by Gasteiger charge is -2.12. The summed E-state index contributed by atoms with van der Waals surface area (Å²) in [6, 6.07) is 6.30. The van der Waals surface area contributed by atoms with Gasteiger partial charge in [-0.05, 0) is 19.1 Å². The molecule has 0 bridgehead atoms. The number of para-hydroxylation sites is 1. The summed E-state index contributed by atoms with van der Waals surface area (Å²) < 4.78 is 1.27. The number of rotatable bonds is 1. The van der Waals surface area contributed by atoms with E-state index in [9.17, 15) is 0 Å². The predicted molar refractivity (Wildman–Crippen MR) is 58.7 cm³/mol. The van der Waals surface area contributed by atoms with Gasteiger partial charge in [-0.15, -0.1) is 11.3 Å². The van der Waals surface area contributed by atoms with E-state index in [0.29, 0.717) is 0 Å². The van der Waals surface area contributed by atoms with E-state index < -0.39 is 0 Å². The fourth-order valence-electron chi connectivity index (χ4n) is 1.41. The summed E-state index contributed by atoms with van der Waals surface area (Å²) in [4.78, 5) is 6.61. The number of anilines is 1. The molecule has 3 heteroatoms. The van der Waals surface area contributed by atoms with Crippen molar-refractivity contribution < 1.29 is 0 Å². The van der Waals surface area contributed by atoms with E-state index in [1.54, 1.807) is 11.3 Å². The molecule has 1 aromatic heterocycles. The summed E-state index contributed by atoms with van der Waals surface area (Å²) in [6.07, 6.45) is 0. The molecule has 68 valence electrons. The van der Waals surface area contributed by atoms with Crippen LogP contribution in [0.4, 0.5) is 5.69 Å². The number of hydrogen-bond donors (Lipinski definition) is 0. The van der Waals surface area contributed by atoms with Crippen LogP contribution in [-0.4, -0.2) is 19.1 Å². The van der Waals surface area contributed by atoms with Crippen LogP contribution < -0.4 is 4.90 Å². The molecule has 0 radical (unpaired) electrons. The van der Waals surface area contributed by atoms with Gasteiger partial charge >= 0.3 is 0 Å². The molecule has 0 saturated heterocycles. The first-order chi connectivity index (χ1) is 6.18. The fraction of sp³-hybridized carbons (Fsp3) is 0.300. The summed E-state index contributed by atoms with van der Waals surface area (Å²) in [5.41, 5.74) is 2.32. The van der Waals surface area contributed by atoms with E-state index in [0.717, 1.165) is 10.5 Å². The molecule has 1 heterocycles. The normalized spacial score (nSPS) is 10.7. The van der Waals surface area contributed by atoms with Gasteiger partial charge in [0, 0.05) is 14.1 Å². The molecule has 2 nitrogen and oxygen atoms in total. The SMILES string of the molecule is Cc1nc2c(N(C)C)cccc2s1. The van der Waals surface area contributed by atoms with Crippen molar-refractivity contribution in [2.45, 2.75) is 6.92 Å². The minimum absolute atomic E-state index is 1.12. The number of aromatic nitrogens is 1. The van der Waals surface area contributed by atoms with Crippen LogP contribution in [0, 0.1) is 6.92 Å². The van der Waals surface area contributed by atoms with Crippen molar-refractivity contribution in [3.63, 3.8) is 0 Å². The van der Waals surface area contributed by atoms with E-state index in [-0.39, 0.29) is 0 Å². The average Bonchev–Trinajstić information content (AvgIpc) is 2.43. The maximum atomic E-state index is 4.51. The molecule has 13 heavy (non-hydrogen) atoms. The van der Waals surface area contributed by atoms with E-state index in [2.05, 4.69) is 28.1 Å². The van der Waals surface area contributed by atoms with Crippen LogP contribution in [0.5, 0.6) is 0 Å². The van der Waals surface area contributed by atoms with Crippen LogP contribution >= 0.6 is 11.3 Å². The molecule has 2 aromatic rings. The van der Waals surface area contributed by atoms with Crippen LogP contribution in [-0.2, 0) is 0 Å². The number of thiazole rings is 1. The summed E-state index contributed by atoms with van der Waals surface area (Å²) in [7, 11) is 4.09. The van der Waals surface area contributed by atoms with Crippen LogP contribution in [0.25, 0.3) is 10.2 Å². The molecule has 0 aliphatic rings. The molecule has 0 atom stereocenters. The van der Waals surface area contributed by atoms with Gasteiger partial charge in [-0.25, -0.2) is 4.98 Å². The molecule has 0 spiro atoms. The highest BCUT2D eigenvalue weighted by atomic mass is 32.1. The van der Waals surface area contributed by atoms with Gasteiger partial charge in [0.1, 0.15) is 5.52 Å². The molecule has 0 unspecified atom stereocenters. The quantitative estimate of drug-likeness (QED) is 0.690. The highest BCUT2D eigenvalue weighted by molar-refractivity contribution is 7.18. The number of fused-ring (bicyclic) bond motifs is 1. The molecular weight excluding hydrogens is 180 g/mol. The van der Waals surface area contributed by atoms with E-state index in [1.165, 1.54) is 10.4 Å². The van der Waals surface area contributed by atoms with E-state index in [1.807, 2.05) is 21.0 Å². The first kappa shape index (κ1) is 8.51. The predicted octanol–water partition coefficient (Wildman–Crippen LogP) is 2.67. The van der Waals surface area contributed by atoms with Crippen LogP contribution in [0.1, 0.15) is 5.01 Å². The minimum Gasteiger partial charge on any atom is -0.376 e. The topological polar surface area (TPSA) is 16.1 Å². The van der Waals surface area contributed by atoms with Gasteiger partial charge in [-0.2, -0.15) is 0 Å². The maximum absolute atomic E-state index is 4.51. The summed E-state index contributed by atoms with van der Waals surface area (Å²) in [5, 5.41) is 1.13. The third-order valence-corrected chi connectivity index (χ3v) is 2.92. The largest absolute Gasteiger partial charge is 0.376 e. The first-order valence-electron chi connectivity index (χ1n) is 4.22. The van der Waals surface area contributed by atoms with Crippen LogP contribution in [0.3, 0.4) is 0 Å². The van der Waals surface area contributed by atoms with Gasteiger partial charge in [-0.3, -0.25) is 0 Å². The minimum atomic E-state index is 1.12. The highest BCUT2D eigenvalue weighted by Gasteiger charge is 2.06. The zero-order chi connectivity index (χ0) is 9.42. The van der Waals surface area contributed by atoms with Crippen molar-refractivity contribution in [3.05, 3.63) is 23.2 Å². The monoisotopic (exact) mass is 192 g/mol. The fourth-order valence-corrected chi connectivity index (χ4v) is 2.25. The standard InChI is InChI=1S/C10H12N2S/c1-7-11-10-8(12(2)3)5-4-6-9(10)13-7/h4-6H,1-3H3. The van der Waals surface area contributed by atoms with E-state index in [4.69, 9.17) is 0 Å². The molecular formula is C10H12N2S. The second-order valence-corrected chi connectivity index (χ2v) is 4.49. The molecule has 0 amide bonds. The Hall–Kier alpha value is -1.09. The Morgan fingerprint density at radius 3 is 2.77 bits per heavy atom. The van der Waals surface area contributed by atoms with Crippen molar-refractivity contribution in [1.82, 2.24) is 4.98 Å². The average molecular weight is 192 g/mol. The van der Waals surface area contributed by atoms with Gasteiger partial charge in [0.05, 0.1) is 15.4 Å². The maximum Gasteiger partial charge on any atom is 0.105 e. The molecule has 0 aliphatic carbocycles. The second-order valence-electron chi connectivity index (χ2n) is 3.25. The van der Waals surface area contributed by atoms with Crippen molar-refractivity contribution in [1.29, 1.82) is 0 Å². The number of aryl methyl sites for hydroxylation is 1. The lowest BCUT2D eigenvalue weighted by Crippen LogP contribution is -2.08. The third-order valence-electron chi connectivity index (χ3n) is 1.99.